The molecule has 4 aromatic rings. The van der Waals surface area contributed by atoms with Crippen LogP contribution in [0.5, 0.6) is 0 Å². The van der Waals surface area contributed by atoms with Crippen LogP contribution in [0.3, 0.4) is 0 Å². The average Bonchev–Trinajstić information content (AvgIpc) is 3.34. The van der Waals surface area contributed by atoms with Crippen molar-refractivity contribution in [2.75, 3.05) is 0 Å². The largest absolute Gasteiger partial charge is 0.318 e. The summed E-state index contributed by atoms with van der Waals surface area (Å²) in [5.41, 5.74) is 5.99. The van der Waals surface area contributed by atoms with Crippen LogP contribution in [0.4, 0.5) is 4.39 Å². The van der Waals surface area contributed by atoms with E-state index in [0.717, 1.165) is 33.8 Å². The number of aliphatic imine (C=N–C) groups is 1. The lowest BCUT2D eigenvalue weighted by atomic mass is 10.2. The monoisotopic (exact) mass is 495 g/mol. The first-order chi connectivity index (χ1) is 17.5. The standard InChI is InChI=1S/C30H26FN3OS/c1-21-17-25(22(2)34(21)27-15-13-26(31)14-16-27)18-28-29(35)33(20-24-11-7-4-8-12-24)30(36-28)32-19-23-9-5-3-6-10-23/h3-18H,19-20H2,1-2H3/b28-18-,32-30?. The lowest BCUT2D eigenvalue weighted by molar-refractivity contribution is -0.122. The summed E-state index contributed by atoms with van der Waals surface area (Å²) < 4.78 is 15.5. The second-order valence-electron chi connectivity index (χ2n) is 8.71. The lowest BCUT2D eigenvalue weighted by Crippen LogP contribution is -2.28. The van der Waals surface area contributed by atoms with Gasteiger partial charge in [0.2, 0.25) is 0 Å². The van der Waals surface area contributed by atoms with Gasteiger partial charge in [0.1, 0.15) is 5.82 Å². The zero-order valence-electron chi connectivity index (χ0n) is 20.2. The van der Waals surface area contributed by atoms with E-state index in [-0.39, 0.29) is 11.7 Å². The molecule has 1 saturated heterocycles. The third-order valence-electron chi connectivity index (χ3n) is 6.15. The molecule has 1 fully saturated rings. The zero-order chi connectivity index (χ0) is 25.1. The second-order valence-corrected chi connectivity index (χ2v) is 9.72. The van der Waals surface area contributed by atoms with Crippen LogP contribution >= 0.6 is 11.8 Å². The van der Waals surface area contributed by atoms with E-state index in [2.05, 4.69) is 10.6 Å². The Hall–Kier alpha value is -3.90. The van der Waals surface area contributed by atoms with Crippen molar-refractivity contribution in [3.8, 4) is 5.69 Å². The minimum atomic E-state index is -0.266. The van der Waals surface area contributed by atoms with Crippen molar-refractivity contribution in [3.05, 3.63) is 130 Å². The van der Waals surface area contributed by atoms with Crippen LogP contribution in [0.25, 0.3) is 11.8 Å². The molecule has 0 radical (unpaired) electrons. The fourth-order valence-electron chi connectivity index (χ4n) is 4.34. The molecule has 1 amide bonds. The lowest BCUT2D eigenvalue weighted by Gasteiger charge is -2.15. The van der Waals surface area contributed by atoms with Gasteiger partial charge in [-0.1, -0.05) is 60.7 Å². The Bertz CT molecular complexity index is 1440. The topological polar surface area (TPSA) is 37.6 Å². The molecule has 1 aliphatic rings. The summed E-state index contributed by atoms with van der Waals surface area (Å²) >= 11 is 1.41. The summed E-state index contributed by atoms with van der Waals surface area (Å²) in [5.74, 6) is -0.320. The van der Waals surface area contributed by atoms with Gasteiger partial charge in [-0.25, -0.2) is 4.39 Å². The molecule has 1 aliphatic heterocycles. The van der Waals surface area contributed by atoms with Crippen molar-refractivity contribution in [2.45, 2.75) is 26.9 Å². The molecule has 0 unspecified atom stereocenters. The summed E-state index contributed by atoms with van der Waals surface area (Å²) in [5, 5.41) is 0.700. The predicted molar refractivity (Wildman–Crippen MR) is 145 cm³/mol. The van der Waals surface area contributed by atoms with Crippen LogP contribution in [0.2, 0.25) is 0 Å². The third kappa shape index (κ3) is 5.04. The highest BCUT2D eigenvalue weighted by Gasteiger charge is 2.33. The van der Waals surface area contributed by atoms with Crippen molar-refractivity contribution < 1.29 is 9.18 Å². The molecule has 180 valence electrons. The SMILES string of the molecule is Cc1cc(/C=C2\SC(=NCc3ccccc3)N(Cc3ccccc3)C2=O)c(C)n1-c1ccc(F)cc1. The maximum Gasteiger partial charge on any atom is 0.267 e. The van der Waals surface area contributed by atoms with Gasteiger partial charge < -0.3 is 4.57 Å². The number of aryl methyl sites for hydroxylation is 1. The van der Waals surface area contributed by atoms with Crippen molar-refractivity contribution >= 4 is 28.9 Å². The molecule has 0 spiro atoms. The van der Waals surface area contributed by atoms with Gasteiger partial charge in [0, 0.05) is 17.1 Å². The fourth-order valence-corrected chi connectivity index (χ4v) is 5.30. The van der Waals surface area contributed by atoms with Gasteiger partial charge in [0.25, 0.3) is 5.91 Å². The molecular formula is C30H26FN3OS. The number of benzene rings is 3. The smallest absolute Gasteiger partial charge is 0.267 e. The van der Waals surface area contributed by atoms with E-state index in [0.29, 0.717) is 23.2 Å². The number of carbonyl (C=O) groups excluding carboxylic acids is 1. The van der Waals surface area contributed by atoms with Gasteiger partial charge >= 0.3 is 0 Å². The van der Waals surface area contributed by atoms with Crippen molar-refractivity contribution in [3.63, 3.8) is 0 Å². The zero-order valence-corrected chi connectivity index (χ0v) is 21.0. The molecule has 3 aromatic carbocycles. The second kappa shape index (κ2) is 10.4. The number of carbonyl (C=O) groups is 1. The van der Waals surface area contributed by atoms with E-state index in [9.17, 15) is 9.18 Å². The molecule has 0 atom stereocenters. The van der Waals surface area contributed by atoms with Crippen LogP contribution < -0.4 is 0 Å². The van der Waals surface area contributed by atoms with E-state index < -0.39 is 0 Å². The Morgan fingerprint density at radius 1 is 0.889 bits per heavy atom. The van der Waals surface area contributed by atoms with Crippen molar-refractivity contribution in [1.82, 2.24) is 9.47 Å². The Morgan fingerprint density at radius 2 is 1.53 bits per heavy atom. The van der Waals surface area contributed by atoms with E-state index in [4.69, 9.17) is 4.99 Å². The highest BCUT2D eigenvalue weighted by molar-refractivity contribution is 8.18. The van der Waals surface area contributed by atoms with Gasteiger partial charge in [-0.3, -0.25) is 14.7 Å². The summed E-state index contributed by atoms with van der Waals surface area (Å²) in [4.78, 5) is 20.8. The number of hydrogen-bond donors (Lipinski definition) is 0. The number of thioether (sulfide) groups is 1. The van der Waals surface area contributed by atoms with Gasteiger partial charge in [-0.05, 0) is 78.7 Å². The molecular weight excluding hydrogens is 469 g/mol. The number of halogens is 1. The van der Waals surface area contributed by atoms with Gasteiger partial charge in [0.05, 0.1) is 18.0 Å². The number of nitrogens with zero attached hydrogens (tertiary/aromatic N) is 3. The maximum absolute atomic E-state index is 13.6. The van der Waals surface area contributed by atoms with E-state index in [1.54, 1.807) is 17.0 Å². The maximum atomic E-state index is 13.6. The Morgan fingerprint density at radius 3 is 2.19 bits per heavy atom. The number of aromatic nitrogens is 1. The molecule has 0 N–H and O–H groups in total. The Balaban J connectivity index is 1.48. The predicted octanol–water partition coefficient (Wildman–Crippen LogP) is 6.91. The van der Waals surface area contributed by atoms with Crippen LogP contribution in [0.1, 0.15) is 28.1 Å². The van der Waals surface area contributed by atoms with E-state index in [1.807, 2.05) is 80.6 Å². The third-order valence-corrected chi connectivity index (χ3v) is 7.20. The first-order valence-electron chi connectivity index (χ1n) is 11.8. The highest BCUT2D eigenvalue weighted by Crippen LogP contribution is 2.35. The highest BCUT2D eigenvalue weighted by atomic mass is 32.2. The molecule has 36 heavy (non-hydrogen) atoms. The van der Waals surface area contributed by atoms with Crippen molar-refractivity contribution in [2.24, 2.45) is 4.99 Å². The molecule has 0 saturated carbocycles. The molecule has 2 heterocycles. The molecule has 1 aromatic heterocycles. The van der Waals surface area contributed by atoms with Crippen molar-refractivity contribution in [1.29, 1.82) is 0 Å². The summed E-state index contributed by atoms with van der Waals surface area (Å²) in [7, 11) is 0. The van der Waals surface area contributed by atoms with E-state index >= 15 is 0 Å². The van der Waals surface area contributed by atoms with Gasteiger partial charge in [-0.15, -0.1) is 0 Å². The molecule has 5 rings (SSSR count). The number of hydrogen-bond acceptors (Lipinski definition) is 3. The van der Waals surface area contributed by atoms with Gasteiger partial charge in [0.15, 0.2) is 5.17 Å². The summed E-state index contributed by atoms with van der Waals surface area (Å²) in [6.45, 7) is 5.00. The number of amidine groups is 1. The van der Waals surface area contributed by atoms with Crippen LogP contribution in [0, 0.1) is 19.7 Å². The first kappa shape index (κ1) is 23.8. The summed E-state index contributed by atoms with van der Waals surface area (Å²) in [6.07, 6.45) is 1.94. The first-order valence-corrected chi connectivity index (χ1v) is 12.6. The molecule has 4 nitrogen and oxygen atoms in total. The number of rotatable bonds is 6. The van der Waals surface area contributed by atoms with Crippen LogP contribution in [-0.4, -0.2) is 20.5 Å². The number of amides is 1. The average molecular weight is 496 g/mol. The summed E-state index contributed by atoms with van der Waals surface area (Å²) in [6, 6.07) is 28.5. The molecule has 6 heteroatoms. The minimum Gasteiger partial charge on any atom is -0.318 e. The normalized spacial score (nSPS) is 15.9. The van der Waals surface area contributed by atoms with Crippen LogP contribution in [-0.2, 0) is 17.9 Å². The fraction of sp³-hybridized carbons (Fsp3) is 0.133. The van der Waals surface area contributed by atoms with Gasteiger partial charge in [-0.2, -0.15) is 0 Å². The Kier molecular flexibility index (Phi) is 6.87. The quantitative estimate of drug-likeness (QED) is 0.273. The molecule has 0 bridgehead atoms. The van der Waals surface area contributed by atoms with E-state index in [1.165, 1.54) is 23.9 Å². The Labute approximate surface area is 214 Å². The van der Waals surface area contributed by atoms with Crippen LogP contribution in [0.15, 0.2) is 101 Å². The molecule has 0 aliphatic carbocycles. The minimum absolute atomic E-state index is 0.0535.